The summed E-state index contributed by atoms with van der Waals surface area (Å²) >= 11 is 0. The fourth-order valence-corrected chi connectivity index (χ4v) is 4.18. The predicted octanol–water partition coefficient (Wildman–Crippen LogP) is 4.76. The molecule has 0 aliphatic rings. The highest BCUT2D eigenvalue weighted by molar-refractivity contribution is 7.89. The van der Waals surface area contributed by atoms with E-state index in [0.717, 1.165) is 25.7 Å². The molecule has 1 rings (SSSR count). The van der Waals surface area contributed by atoms with Crippen LogP contribution in [0.3, 0.4) is 0 Å². The second-order valence-electron chi connectivity index (χ2n) is 6.10. The first-order chi connectivity index (χ1) is 10.9. The lowest BCUT2D eigenvalue weighted by atomic mass is 10.0. The van der Waals surface area contributed by atoms with Crippen LogP contribution < -0.4 is 0 Å². The molecule has 0 bridgehead atoms. The Morgan fingerprint density at radius 1 is 1.00 bits per heavy atom. The molecule has 0 aromatic heterocycles. The number of unbranched alkanes of at least 4 members (excludes halogenated alkanes) is 5. The highest BCUT2D eigenvalue weighted by Gasteiger charge is 2.23. The molecule has 1 aromatic carbocycles. The maximum absolute atomic E-state index is 13.6. The predicted molar refractivity (Wildman–Crippen MR) is 93.6 cm³/mol. The summed E-state index contributed by atoms with van der Waals surface area (Å²) in [5, 5.41) is 0. The van der Waals surface area contributed by atoms with Crippen LogP contribution >= 0.6 is 0 Å². The van der Waals surface area contributed by atoms with Gasteiger partial charge in [0.05, 0.1) is 4.90 Å². The molecule has 5 heteroatoms. The van der Waals surface area contributed by atoms with Crippen LogP contribution in [0.4, 0.5) is 4.39 Å². The number of sulfonamides is 1. The monoisotopic (exact) mass is 343 g/mol. The van der Waals surface area contributed by atoms with Gasteiger partial charge < -0.3 is 0 Å². The molecule has 0 saturated heterocycles. The summed E-state index contributed by atoms with van der Waals surface area (Å²) < 4.78 is 40.2. The van der Waals surface area contributed by atoms with Crippen molar-refractivity contribution in [1.82, 2.24) is 4.31 Å². The first-order valence-electron chi connectivity index (χ1n) is 8.68. The Labute approximate surface area is 140 Å². The quantitative estimate of drug-likeness (QED) is 0.543. The molecule has 132 valence electrons. The van der Waals surface area contributed by atoms with Crippen molar-refractivity contribution >= 4 is 10.0 Å². The number of nitrogens with zero attached hydrogens (tertiary/aromatic N) is 1. The van der Waals surface area contributed by atoms with Gasteiger partial charge in [-0.15, -0.1) is 0 Å². The van der Waals surface area contributed by atoms with Crippen LogP contribution in [0, 0.1) is 5.82 Å². The topological polar surface area (TPSA) is 37.4 Å². The molecule has 0 atom stereocenters. The summed E-state index contributed by atoms with van der Waals surface area (Å²) in [6.45, 7) is 4.58. The molecule has 0 saturated carbocycles. The van der Waals surface area contributed by atoms with Crippen molar-refractivity contribution in [2.24, 2.45) is 0 Å². The maximum atomic E-state index is 13.6. The summed E-state index contributed by atoms with van der Waals surface area (Å²) in [5.74, 6) is -0.372. The van der Waals surface area contributed by atoms with E-state index in [2.05, 4.69) is 6.92 Å². The normalized spacial score (nSPS) is 12.0. The van der Waals surface area contributed by atoms with E-state index in [0.29, 0.717) is 18.5 Å². The van der Waals surface area contributed by atoms with Crippen LogP contribution in [0.5, 0.6) is 0 Å². The Balaban J connectivity index is 2.81. The third kappa shape index (κ3) is 6.22. The zero-order valence-corrected chi connectivity index (χ0v) is 15.5. The minimum atomic E-state index is -3.53. The van der Waals surface area contributed by atoms with Gasteiger partial charge in [0.2, 0.25) is 10.0 Å². The number of halogens is 1. The molecule has 0 spiro atoms. The Bertz CT molecular complexity index is 572. The smallest absolute Gasteiger partial charge is 0.207 e. The van der Waals surface area contributed by atoms with E-state index >= 15 is 0 Å². The highest BCUT2D eigenvalue weighted by Crippen LogP contribution is 2.23. The van der Waals surface area contributed by atoms with Crippen molar-refractivity contribution in [3.63, 3.8) is 0 Å². The van der Waals surface area contributed by atoms with E-state index in [1.165, 1.54) is 41.8 Å². The van der Waals surface area contributed by atoms with Gasteiger partial charge >= 0.3 is 0 Å². The van der Waals surface area contributed by atoms with E-state index in [1.54, 1.807) is 7.05 Å². The molecule has 0 aliphatic heterocycles. The van der Waals surface area contributed by atoms with Gasteiger partial charge in [-0.1, -0.05) is 46.0 Å². The Hall–Kier alpha value is -0.940. The third-order valence-corrected chi connectivity index (χ3v) is 6.01. The van der Waals surface area contributed by atoms with E-state index in [4.69, 9.17) is 0 Å². The minimum absolute atomic E-state index is 0.253. The van der Waals surface area contributed by atoms with E-state index in [9.17, 15) is 12.8 Å². The summed E-state index contributed by atoms with van der Waals surface area (Å²) in [4.78, 5) is 0.253. The summed E-state index contributed by atoms with van der Waals surface area (Å²) in [7, 11) is -1.95. The van der Waals surface area contributed by atoms with Crippen molar-refractivity contribution in [1.29, 1.82) is 0 Å². The molecular weight excluding hydrogens is 313 g/mol. The van der Waals surface area contributed by atoms with E-state index < -0.39 is 10.0 Å². The van der Waals surface area contributed by atoms with Crippen LogP contribution in [0.2, 0.25) is 0 Å². The SMILES string of the molecule is CCCCCCCCc1cc(F)ccc1S(=O)(=O)N(C)CCC. The minimum Gasteiger partial charge on any atom is -0.207 e. The van der Waals surface area contributed by atoms with Crippen molar-refractivity contribution < 1.29 is 12.8 Å². The molecule has 0 unspecified atom stereocenters. The fourth-order valence-electron chi connectivity index (χ4n) is 2.69. The Kier molecular flexibility index (Phi) is 8.77. The van der Waals surface area contributed by atoms with Gasteiger partial charge in [0.1, 0.15) is 5.82 Å². The lowest BCUT2D eigenvalue weighted by Crippen LogP contribution is -2.28. The molecule has 0 N–H and O–H groups in total. The van der Waals surface area contributed by atoms with Crippen LogP contribution in [0.1, 0.15) is 64.4 Å². The number of rotatable bonds is 11. The molecule has 23 heavy (non-hydrogen) atoms. The van der Waals surface area contributed by atoms with Crippen molar-refractivity contribution in [3.8, 4) is 0 Å². The van der Waals surface area contributed by atoms with Crippen molar-refractivity contribution in [2.45, 2.75) is 70.1 Å². The Morgan fingerprint density at radius 2 is 1.65 bits per heavy atom. The van der Waals surface area contributed by atoms with Gasteiger partial charge in [-0.25, -0.2) is 17.1 Å². The number of hydrogen-bond acceptors (Lipinski definition) is 2. The van der Waals surface area contributed by atoms with Gasteiger partial charge in [-0.05, 0) is 43.0 Å². The van der Waals surface area contributed by atoms with Crippen molar-refractivity contribution in [2.75, 3.05) is 13.6 Å². The zero-order valence-electron chi connectivity index (χ0n) is 14.6. The molecule has 1 aromatic rings. The van der Waals surface area contributed by atoms with E-state index in [1.807, 2.05) is 6.92 Å². The molecular formula is C18H30FNO2S. The number of hydrogen-bond donors (Lipinski definition) is 0. The van der Waals surface area contributed by atoms with E-state index in [-0.39, 0.29) is 10.7 Å². The third-order valence-electron chi connectivity index (χ3n) is 4.05. The highest BCUT2D eigenvalue weighted by atomic mass is 32.2. The zero-order chi connectivity index (χ0) is 17.3. The van der Waals surface area contributed by atoms with Gasteiger partial charge in [0.15, 0.2) is 0 Å². The lowest BCUT2D eigenvalue weighted by Gasteiger charge is -2.18. The number of benzene rings is 1. The molecule has 3 nitrogen and oxygen atoms in total. The standard InChI is InChI=1S/C18H30FNO2S/c1-4-6-7-8-9-10-11-16-15-17(19)12-13-18(16)23(21,22)20(3)14-5-2/h12-13,15H,4-11,14H2,1-3H3. The number of aryl methyl sites for hydroxylation is 1. The Morgan fingerprint density at radius 3 is 2.30 bits per heavy atom. The lowest BCUT2D eigenvalue weighted by molar-refractivity contribution is 0.467. The molecule has 0 amide bonds. The average molecular weight is 344 g/mol. The second-order valence-corrected chi connectivity index (χ2v) is 8.11. The summed E-state index contributed by atoms with van der Waals surface area (Å²) in [5.41, 5.74) is 0.600. The summed E-state index contributed by atoms with van der Waals surface area (Å²) in [6.07, 6.45) is 8.12. The van der Waals surface area contributed by atoms with Gasteiger partial charge in [-0.2, -0.15) is 0 Å². The van der Waals surface area contributed by atoms with Gasteiger partial charge in [0, 0.05) is 13.6 Å². The van der Waals surface area contributed by atoms with Crippen LogP contribution in [0.15, 0.2) is 23.1 Å². The van der Waals surface area contributed by atoms with Crippen molar-refractivity contribution in [3.05, 3.63) is 29.6 Å². The second kappa shape index (κ2) is 10.0. The molecule has 0 fully saturated rings. The van der Waals surface area contributed by atoms with Gasteiger partial charge in [0.25, 0.3) is 0 Å². The summed E-state index contributed by atoms with van der Waals surface area (Å²) in [6, 6.07) is 4.01. The largest absolute Gasteiger partial charge is 0.243 e. The first kappa shape index (κ1) is 20.1. The fraction of sp³-hybridized carbons (Fsp3) is 0.667. The average Bonchev–Trinajstić information content (AvgIpc) is 2.50. The van der Waals surface area contributed by atoms with Crippen LogP contribution in [0.25, 0.3) is 0 Å². The van der Waals surface area contributed by atoms with Crippen LogP contribution in [-0.2, 0) is 16.4 Å². The first-order valence-corrected chi connectivity index (χ1v) is 10.1. The maximum Gasteiger partial charge on any atom is 0.243 e. The molecule has 0 aliphatic carbocycles. The molecule has 0 radical (unpaired) electrons. The van der Waals surface area contributed by atoms with Gasteiger partial charge in [-0.3, -0.25) is 0 Å². The van der Waals surface area contributed by atoms with Crippen LogP contribution in [-0.4, -0.2) is 26.3 Å². The molecule has 0 heterocycles.